The van der Waals surface area contributed by atoms with Gasteiger partial charge in [-0.2, -0.15) is 0 Å². The summed E-state index contributed by atoms with van der Waals surface area (Å²) >= 11 is 0. The molecule has 0 bridgehead atoms. The maximum Gasteiger partial charge on any atom is 0.472 e. The fraction of sp³-hybridized carbons (Fsp3) is 0.725. The van der Waals surface area contributed by atoms with Crippen molar-refractivity contribution >= 4 is 25.7 Å². The maximum absolute atomic E-state index is 12.5. The molecule has 0 saturated carbocycles. The third kappa shape index (κ3) is 35.8. The number of allylic oxidation sites excluding steroid dienone is 6. The fourth-order valence-corrected chi connectivity index (χ4v) is 5.57. The predicted molar refractivity (Wildman–Crippen MR) is 207 cm³/mol. The Morgan fingerprint density at radius 1 is 0.673 bits per heavy atom. The van der Waals surface area contributed by atoms with Crippen molar-refractivity contribution in [3.05, 3.63) is 48.6 Å². The van der Waals surface area contributed by atoms with E-state index in [9.17, 15) is 23.8 Å². The lowest BCUT2D eigenvalue weighted by Crippen LogP contribution is -2.37. The van der Waals surface area contributed by atoms with Gasteiger partial charge >= 0.3 is 25.7 Å². The molecule has 0 aliphatic carbocycles. The molecule has 0 aromatic heterocycles. The fourth-order valence-electron chi connectivity index (χ4n) is 4.83. The lowest BCUT2D eigenvalue weighted by atomic mass is 10.0. The highest BCUT2D eigenvalue weighted by Crippen LogP contribution is 2.43. The van der Waals surface area contributed by atoms with Gasteiger partial charge in [0.15, 0.2) is 6.10 Å². The van der Waals surface area contributed by atoms with Gasteiger partial charge < -0.3 is 23.6 Å². The first-order valence-corrected chi connectivity index (χ1v) is 21.0. The first-order valence-electron chi connectivity index (χ1n) is 19.5. The molecule has 0 spiro atoms. The SMILES string of the molecule is C/C=C/C=C/C(=O)OCCCCC/C=C/C=C/C(=O)O[C@H](COC(=O)CCCCCCCCCCCCCCC)COP(=O)(O)OCC[N+](C)(C)C. The number of quaternary nitrogens is 1. The zero-order valence-corrected chi connectivity index (χ0v) is 33.9. The van der Waals surface area contributed by atoms with E-state index in [2.05, 4.69) is 6.92 Å². The molecular formula is C40H71NO10P+. The number of carbonyl (C=O) groups excluding carboxylic acids is 3. The topological polar surface area (TPSA) is 135 Å². The Morgan fingerprint density at radius 2 is 1.25 bits per heavy atom. The molecule has 0 aliphatic rings. The normalized spacial score (nSPS) is 14.0. The molecule has 0 saturated heterocycles. The molecule has 1 unspecified atom stereocenters. The summed E-state index contributed by atoms with van der Waals surface area (Å²) in [6, 6.07) is 0. The van der Waals surface area contributed by atoms with Gasteiger partial charge in [-0.1, -0.05) is 120 Å². The molecule has 1 N–H and O–H groups in total. The van der Waals surface area contributed by atoms with Crippen LogP contribution < -0.4 is 0 Å². The predicted octanol–water partition coefficient (Wildman–Crippen LogP) is 9.11. The maximum atomic E-state index is 12.5. The molecule has 0 amide bonds. The van der Waals surface area contributed by atoms with Crippen molar-refractivity contribution in [1.82, 2.24) is 0 Å². The zero-order valence-electron chi connectivity index (χ0n) is 33.0. The van der Waals surface area contributed by atoms with Crippen molar-refractivity contribution in [3.63, 3.8) is 0 Å². The third-order valence-corrected chi connectivity index (χ3v) is 8.90. The van der Waals surface area contributed by atoms with Crippen molar-refractivity contribution < 1.29 is 51.6 Å². The standard InChI is InChI=1S/C40H70NO10P/c1-6-8-10-11-12-13-14-15-16-17-19-22-26-30-39(43)48-35-37(36-50-52(45,46)49-34-32-41(3,4)5)51-40(44)31-27-23-20-18-21-24-28-33-47-38(42)29-25-9-7-2/h7,9,20,23,25,27,29,31,37H,6,8,10-19,21-22,24,26,28,30,32-36H2,1-5H3/p+1/b9-7+,23-20+,29-25+,31-27+/t37-/m1/s1. The Hall–Kier alpha value is -2.56. The highest BCUT2D eigenvalue weighted by molar-refractivity contribution is 7.47. The number of carbonyl (C=O) groups is 3. The number of phosphoric acid groups is 1. The van der Waals surface area contributed by atoms with Gasteiger partial charge in [-0.05, 0) is 39.0 Å². The second kappa shape index (κ2) is 33.0. The number of hydrogen-bond acceptors (Lipinski definition) is 9. The van der Waals surface area contributed by atoms with Gasteiger partial charge in [0.2, 0.25) is 0 Å². The molecule has 300 valence electrons. The van der Waals surface area contributed by atoms with Crippen LogP contribution in [0, 0.1) is 0 Å². The van der Waals surface area contributed by atoms with Crippen LogP contribution in [0.25, 0.3) is 0 Å². The van der Waals surface area contributed by atoms with Gasteiger partial charge in [0.25, 0.3) is 0 Å². The van der Waals surface area contributed by atoms with Crippen molar-refractivity contribution in [1.29, 1.82) is 0 Å². The van der Waals surface area contributed by atoms with Crippen LogP contribution in [0.5, 0.6) is 0 Å². The van der Waals surface area contributed by atoms with Crippen LogP contribution in [0.1, 0.15) is 129 Å². The van der Waals surface area contributed by atoms with Crippen LogP contribution in [-0.2, 0) is 42.2 Å². The summed E-state index contributed by atoms with van der Waals surface area (Å²) in [4.78, 5) is 46.6. The average molecular weight is 757 g/mol. The van der Waals surface area contributed by atoms with Crippen molar-refractivity contribution in [2.45, 2.75) is 136 Å². The molecular weight excluding hydrogens is 685 g/mol. The van der Waals surface area contributed by atoms with Crippen LogP contribution >= 0.6 is 7.82 Å². The number of phosphoric ester groups is 1. The van der Waals surface area contributed by atoms with Gasteiger partial charge in [0.05, 0.1) is 34.4 Å². The van der Waals surface area contributed by atoms with E-state index in [1.54, 1.807) is 18.2 Å². The van der Waals surface area contributed by atoms with Crippen molar-refractivity contribution in [3.8, 4) is 0 Å². The first kappa shape index (κ1) is 49.4. The summed E-state index contributed by atoms with van der Waals surface area (Å²) in [7, 11) is 1.34. The lowest BCUT2D eigenvalue weighted by molar-refractivity contribution is -0.870. The summed E-state index contributed by atoms with van der Waals surface area (Å²) in [5.74, 6) is -1.50. The van der Waals surface area contributed by atoms with E-state index in [1.165, 1.54) is 76.0 Å². The number of nitrogens with zero attached hydrogens (tertiary/aromatic N) is 1. The number of esters is 3. The van der Waals surface area contributed by atoms with Crippen LogP contribution in [0.15, 0.2) is 48.6 Å². The number of unbranched alkanes of at least 4 members (excludes halogenated alkanes) is 15. The monoisotopic (exact) mass is 756 g/mol. The summed E-state index contributed by atoms with van der Waals surface area (Å²) in [5, 5.41) is 0. The molecule has 0 aliphatic heterocycles. The van der Waals surface area contributed by atoms with Gasteiger partial charge in [-0.25, -0.2) is 14.2 Å². The van der Waals surface area contributed by atoms with Gasteiger partial charge in [-0.15, -0.1) is 0 Å². The van der Waals surface area contributed by atoms with E-state index in [-0.39, 0.29) is 25.6 Å². The van der Waals surface area contributed by atoms with Crippen LogP contribution in [0.2, 0.25) is 0 Å². The molecule has 12 heteroatoms. The summed E-state index contributed by atoms with van der Waals surface area (Å²) in [5.41, 5.74) is 0. The lowest BCUT2D eigenvalue weighted by Gasteiger charge is -2.24. The second-order valence-corrected chi connectivity index (χ2v) is 15.5. The highest BCUT2D eigenvalue weighted by Gasteiger charge is 2.26. The van der Waals surface area contributed by atoms with E-state index in [1.807, 2.05) is 40.2 Å². The Balaban J connectivity index is 4.58. The molecule has 0 heterocycles. The Morgan fingerprint density at radius 3 is 1.87 bits per heavy atom. The molecule has 52 heavy (non-hydrogen) atoms. The summed E-state index contributed by atoms with van der Waals surface area (Å²) in [6.45, 7) is 4.14. The minimum absolute atomic E-state index is 0.00685. The Bertz CT molecular complexity index is 1100. The largest absolute Gasteiger partial charge is 0.472 e. The molecule has 2 atom stereocenters. The molecule has 11 nitrogen and oxygen atoms in total. The average Bonchev–Trinajstić information content (AvgIpc) is 3.08. The molecule has 0 rings (SSSR count). The van der Waals surface area contributed by atoms with E-state index in [4.69, 9.17) is 23.3 Å². The number of likely N-dealkylation sites (N-methyl/N-ethyl adjacent to an activating group) is 1. The highest BCUT2D eigenvalue weighted by atomic mass is 31.2. The summed E-state index contributed by atoms with van der Waals surface area (Å²) < 4.78 is 39.0. The third-order valence-electron chi connectivity index (χ3n) is 7.91. The van der Waals surface area contributed by atoms with E-state index in [0.29, 0.717) is 24.1 Å². The molecule has 0 aromatic carbocycles. The van der Waals surface area contributed by atoms with Gasteiger partial charge in [0.1, 0.15) is 19.8 Å². The zero-order chi connectivity index (χ0) is 38.8. The van der Waals surface area contributed by atoms with E-state index < -0.39 is 32.5 Å². The van der Waals surface area contributed by atoms with E-state index in [0.717, 1.165) is 44.9 Å². The molecule has 0 fully saturated rings. The number of ether oxygens (including phenoxy) is 3. The first-order chi connectivity index (χ1) is 24.9. The smallest absolute Gasteiger partial charge is 0.463 e. The molecule has 0 aromatic rings. The van der Waals surface area contributed by atoms with E-state index >= 15 is 0 Å². The minimum Gasteiger partial charge on any atom is -0.463 e. The van der Waals surface area contributed by atoms with Crippen molar-refractivity contribution in [2.75, 3.05) is 54.1 Å². The quantitative estimate of drug-likeness (QED) is 0.0129. The van der Waals surface area contributed by atoms with Crippen LogP contribution in [-0.4, -0.2) is 87.5 Å². The minimum atomic E-state index is -4.42. The van der Waals surface area contributed by atoms with Crippen LogP contribution in [0.3, 0.4) is 0 Å². The Kier molecular flexibility index (Phi) is 31.4. The number of hydrogen-bond donors (Lipinski definition) is 1. The molecule has 0 radical (unpaired) electrons. The van der Waals surface area contributed by atoms with Crippen molar-refractivity contribution in [2.24, 2.45) is 0 Å². The van der Waals surface area contributed by atoms with Gasteiger partial charge in [0, 0.05) is 18.6 Å². The van der Waals surface area contributed by atoms with Gasteiger partial charge in [-0.3, -0.25) is 13.8 Å². The second-order valence-electron chi connectivity index (χ2n) is 14.0. The van der Waals surface area contributed by atoms with Crippen LogP contribution in [0.4, 0.5) is 0 Å². The Labute approximate surface area is 315 Å². The summed E-state index contributed by atoms with van der Waals surface area (Å²) in [6.07, 6.45) is 31.1. The number of rotatable bonds is 34.